The van der Waals surface area contributed by atoms with Crippen molar-refractivity contribution in [2.24, 2.45) is 0 Å². The third kappa shape index (κ3) is 7.52. The topological polar surface area (TPSA) is 105 Å². The van der Waals surface area contributed by atoms with E-state index >= 15 is 0 Å². The van der Waals surface area contributed by atoms with Gasteiger partial charge in [0.25, 0.3) is 0 Å². The van der Waals surface area contributed by atoms with Crippen LogP contribution in [0.1, 0.15) is 54.0 Å². The van der Waals surface area contributed by atoms with Gasteiger partial charge < -0.3 is 19.7 Å². The Bertz CT molecular complexity index is 659. The Morgan fingerprint density at radius 2 is 1.63 bits per heavy atom. The summed E-state index contributed by atoms with van der Waals surface area (Å²) in [4.78, 5) is 28.5. The maximum Gasteiger partial charge on any atom is 0.413 e. The van der Waals surface area contributed by atoms with Crippen LogP contribution in [0.4, 0.5) is 10.6 Å². The Labute approximate surface area is 160 Å². The number of likely N-dealkylation sites (N-methyl/N-ethyl adjacent to an activating group) is 1. The number of hydrogen-bond donors (Lipinski definition) is 2. The number of carbonyl (C=O) groups is 2. The SMILES string of the molecule is C[NH+]([O-])[C@@](C)(Cc1ccc(NC(=O)OC(C)(C)C)nc1)C(=O)OC(C)(C)C. The number of nitrogens with one attached hydrogen (secondary N) is 2. The van der Waals surface area contributed by atoms with Crippen LogP contribution in [0.15, 0.2) is 18.3 Å². The van der Waals surface area contributed by atoms with Gasteiger partial charge in [0, 0.05) is 19.5 Å². The molecule has 0 aliphatic carbocycles. The molecule has 0 fully saturated rings. The Kier molecular flexibility index (Phi) is 6.96. The predicted molar refractivity (Wildman–Crippen MR) is 102 cm³/mol. The maximum atomic E-state index is 12.5. The van der Waals surface area contributed by atoms with Crippen molar-refractivity contribution >= 4 is 17.9 Å². The molecule has 0 bridgehead atoms. The van der Waals surface area contributed by atoms with Crippen LogP contribution in [-0.2, 0) is 20.7 Å². The first-order valence-corrected chi connectivity index (χ1v) is 8.82. The lowest BCUT2D eigenvalue weighted by Gasteiger charge is -2.37. The van der Waals surface area contributed by atoms with E-state index in [0.29, 0.717) is 11.4 Å². The molecule has 0 aliphatic heterocycles. The van der Waals surface area contributed by atoms with E-state index in [4.69, 9.17) is 9.47 Å². The van der Waals surface area contributed by atoms with Crippen LogP contribution in [0.25, 0.3) is 0 Å². The number of anilines is 1. The third-order valence-corrected chi connectivity index (χ3v) is 3.64. The second-order valence-corrected chi connectivity index (χ2v) is 8.75. The molecule has 1 heterocycles. The highest BCUT2D eigenvalue weighted by molar-refractivity contribution is 5.83. The second kappa shape index (κ2) is 8.22. The van der Waals surface area contributed by atoms with Gasteiger partial charge in [-0.3, -0.25) is 5.32 Å². The van der Waals surface area contributed by atoms with Crippen LogP contribution in [0.3, 0.4) is 0 Å². The van der Waals surface area contributed by atoms with Gasteiger partial charge in [0.05, 0.1) is 7.05 Å². The smallest absolute Gasteiger partial charge is 0.413 e. The second-order valence-electron chi connectivity index (χ2n) is 8.75. The predicted octanol–water partition coefficient (Wildman–Crippen LogP) is 2.08. The summed E-state index contributed by atoms with van der Waals surface area (Å²) in [5.41, 5.74) is -1.93. The van der Waals surface area contributed by atoms with Crippen LogP contribution in [0, 0.1) is 5.21 Å². The van der Waals surface area contributed by atoms with Gasteiger partial charge in [0.2, 0.25) is 0 Å². The number of nitrogens with zero attached hydrogens (tertiary/aromatic N) is 1. The molecule has 1 aromatic rings. The van der Waals surface area contributed by atoms with Gasteiger partial charge in [0.1, 0.15) is 17.0 Å². The minimum absolute atomic E-state index is 0.150. The molecule has 2 N–H and O–H groups in total. The van der Waals surface area contributed by atoms with Crippen LogP contribution in [-0.4, -0.2) is 40.8 Å². The van der Waals surface area contributed by atoms with Crippen molar-refractivity contribution in [3.63, 3.8) is 0 Å². The molecule has 0 aliphatic rings. The number of amides is 1. The van der Waals surface area contributed by atoms with Crippen molar-refractivity contribution in [1.82, 2.24) is 4.98 Å². The molecule has 0 radical (unpaired) electrons. The summed E-state index contributed by atoms with van der Waals surface area (Å²) in [6, 6.07) is 3.29. The summed E-state index contributed by atoms with van der Waals surface area (Å²) in [6.45, 7) is 12.1. The summed E-state index contributed by atoms with van der Waals surface area (Å²) >= 11 is 0. The van der Waals surface area contributed by atoms with E-state index in [9.17, 15) is 14.8 Å². The molecule has 0 saturated heterocycles. The van der Waals surface area contributed by atoms with Gasteiger partial charge in [0.15, 0.2) is 5.54 Å². The van der Waals surface area contributed by atoms with E-state index in [-0.39, 0.29) is 11.5 Å². The number of aromatic nitrogens is 1. The van der Waals surface area contributed by atoms with Crippen molar-refractivity contribution in [3.8, 4) is 0 Å². The normalized spacial score (nSPS) is 15.4. The first kappa shape index (κ1) is 22.9. The van der Waals surface area contributed by atoms with E-state index in [1.165, 1.54) is 13.2 Å². The fourth-order valence-electron chi connectivity index (χ4n) is 2.15. The standard InChI is InChI=1S/C19H31N3O5/c1-17(2,3)26-15(23)19(7,22(8)25)11-13-9-10-14(20-12-13)21-16(24)27-18(4,5)6/h9-10,12,22H,11H2,1-8H3,(H,20,21,24)/t19-/m0/s1. The molecule has 1 aromatic heterocycles. The van der Waals surface area contributed by atoms with Gasteiger partial charge in [-0.25, -0.2) is 14.6 Å². The summed E-state index contributed by atoms with van der Waals surface area (Å²) in [5.74, 6) is -0.256. The zero-order valence-electron chi connectivity index (χ0n) is 17.4. The minimum atomic E-state index is -1.31. The molecule has 0 saturated carbocycles. The van der Waals surface area contributed by atoms with Gasteiger partial charge in [-0.15, -0.1) is 0 Å². The number of esters is 1. The number of carbonyl (C=O) groups excluding carboxylic acids is 2. The molecule has 1 rings (SSSR count). The van der Waals surface area contributed by atoms with Crippen LogP contribution in [0.2, 0.25) is 0 Å². The zero-order valence-corrected chi connectivity index (χ0v) is 17.4. The lowest BCUT2D eigenvalue weighted by molar-refractivity contribution is -0.872. The van der Waals surface area contributed by atoms with E-state index in [1.807, 2.05) is 0 Å². The molecular formula is C19H31N3O5. The summed E-state index contributed by atoms with van der Waals surface area (Å²) in [7, 11) is 1.37. The van der Waals surface area contributed by atoms with Crippen molar-refractivity contribution in [2.75, 3.05) is 12.4 Å². The lowest BCUT2D eigenvalue weighted by atomic mass is 9.93. The van der Waals surface area contributed by atoms with E-state index in [0.717, 1.165) is 0 Å². The number of hydrogen-bond acceptors (Lipinski definition) is 6. The average Bonchev–Trinajstić information content (AvgIpc) is 2.45. The maximum absolute atomic E-state index is 12.5. The fourth-order valence-corrected chi connectivity index (χ4v) is 2.15. The highest BCUT2D eigenvalue weighted by atomic mass is 16.6. The third-order valence-electron chi connectivity index (χ3n) is 3.64. The number of ether oxygens (including phenoxy) is 2. The van der Waals surface area contributed by atoms with Crippen LogP contribution in [0.5, 0.6) is 0 Å². The quantitative estimate of drug-likeness (QED) is 0.598. The zero-order chi connectivity index (χ0) is 21.0. The molecule has 8 nitrogen and oxygen atoms in total. The highest BCUT2D eigenvalue weighted by Crippen LogP contribution is 2.18. The van der Waals surface area contributed by atoms with Crippen molar-refractivity contribution in [3.05, 3.63) is 29.1 Å². The first-order valence-electron chi connectivity index (χ1n) is 8.82. The van der Waals surface area contributed by atoms with Gasteiger partial charge >= 0.3 is 12.1 Å². The van der Waals surface area contributed by atoms with Gasteiger partial charge in [-0.1, -0.05) is 6.07 Å². The van der Waals surface area contributed by atoms with Crippen molar-refractivity contribution in [1.29, 1.82) is 0 Å². The van der Waals surface area contributed by atoms with Gasteiger partial charge in [-0.05, 0) is 53.2 Å². The Morgan fingerprint density at radius 1 is 1.07 bits per heavy atom. The van der Waals surface area contributed by atoms with Crippen LogP contribution < -0.4 is 10.4 Å². The van der Waals surface area contributed by atoms with Crippen LogP contribution >= 0.6 is 0 Å². The Hall–Kier alpha value is -2.19. The number of rotatable bonds is 5. The molecule has 1 amide bonds. The Morgan fingerprint density at radius 3 is 2.04 bits per heavy atom. The number of hydroxylamine groups is 2. The average molecular weight is 381 g/mol. The van der Waals surface area contributed by atoms with Crippen molar-refractivity contribution < 1.29 is 24.1 Å². The largest absolute Gasteiger partial charge is 0.634 e. The number of pyridine rings is 1. The monoisotopic (exact) mass is 381 g/mol. The van der Waals surface area contributed by atoms with E-state index in [2.05, 4.69) is 10.3 Å². The molecule has 152 valence electrons. The van der Waals surface area contributed by atoms with E-state index in [1.54, 1.807) is 60.6 Å². The first-order chi connectivity index (χ1) is 12.1. The molecule has 0 aromatic carbocycles. The Balaban J connectivity index is 2.87. The molecule has 8 heteroatoms. The molecular weight excluding hydrogens is 350 g/mol. The summed E-state index contributed by atoms with van der Waals surface area (Å²) in [6.07, 6.45) is 1.06. The number of quaternary nitrogens is 1. The molecule has 2 atom stereocenters. The minimum Gasteiger partial charge on any atom is -0.634 e. The lowest BCUT2D eigenvalue weighted by Crippen LogP contribution is -3.15. The van der Waals surface area contributed by atoms with E-state index < -0.39 is 28.8 Å². The highest BCUT2D eigenvalue weighted by Gasteiger charge is 2.42. The van der Waals surface area contributed by atoms with Crippen molar-refractivity contribution in [2.45, 2.75) is 71.6 Å². The molecule has 1 unspecified atom stereocenters. The fraction of sp³-hybridized carbons (Fsp3) is 0.632. The molecule has 0 spiro atoms. The molecule has 27 heavy (non-hydrogen) atoms. The van der Waals surface area contributed by atoms with Gasteiger partial charge in [-0.2, -0.15) is 0 Å². The summed E-state index contributed by atoms with van der Waals surface area (Å²) < 4.78 is 10.6. The summed E-state index contributed by atoms with van der Waals surface area (Å²) in [5, 5.41) is 14.4.